The van der Waals surface area contributed by atoms with Crippen molar-refractivity contribution >= 4 is 0 Å². The fraction of sp³-hybridized carbons (Fsp3) is 1.00. The molecule has 0 aliphatic carbocycles. The summed E-state index contributed by atoms with van der Waals surface area (Å²) in [5, 5.41) is 6.57. The van der Waals surface area contributed by atoms with Crippen molar-refractivity contribution in [1.82, 2.24) is 10.6 Å². The van der Waals surface area contributed by atoms with Gasteiger partial charge in [0.15, 0.2) is 0 Å². The van der Waals surface area contributed by atoms with Crippen molar-refractivity contribution < 1.29 is 0 Å². The molecule has 2 aliphatic heterocycles. The van der Waals surface area contributed by atoms with Gasteiger partial charge in [0, 0.05) is 0 Å². The van der Waals surface area contributed by atoms with Crippen molar-refractivity contribution in [2.75, 3.05) is 26.2 Å². The highest BCUT2D eigenvalue weighted by molar-refractivity contribution is 4.55. The molecule has 2 rings (SSSR count). The van der Waals surface area contributed by atoms with E-state index in [1.54, 1.807) is 0 Å². The second-order valence-corrected chi connectivity index (χ2v) is 3.62. The van der Waals surface area contributed by atoms with Gasteiger partial charge in [-0.3, -0.25) is 0 Å². The van der Waals surface area contributed by atoms with E-state index in [1.165, 1.54) is 64.7 Å². The molecule has 2 fully saturated rings. The van der Waals surface area contributed by atoms with Crippen molar-refractivity contribution in [2.45, 2.75) is 38.5 Å². The van der Waals surface area contributed by atoms with Crippen LogP contribution < -0.4 is 10.6 Å². The lowest BCUT2D eigenvalue weighted by molar-refractivity contribution is 0.702. The third kappa shape index (κ3) is 5.56. The first-order valence-corrected chi connectivity index (χ1v) is 5.41. The molecule has 0 bridgehead atoms. The summed E-state index contributed by atoms with van der Waals surface area (Å²) in [4.78, 5) is 0. The first-order valence-electron chi connectivity index (χ1n) is 5.41. The minimum Gasteiger partial charge on any atom is -0.317 e. The van der Waals surface area contributed by atoms with Gasteiger partial charge in [-0.1, -0.05) is 12.8 Å². The molecular weight excluding hydrogens is 148 g/mol. The third-order valence-electron chi connectivity index (χ3n) is 2.41. The van der Waals surface area contributed by atoms with Crippen molar-refractivity contribution in [3.63, 3.8) is 0 Å². The highest BCUT2D eigenvalue weighted by Crippen LogP contribution is 2.00. The second-order valence-electron chi connectivity index (χ2n) is 3.62. The van der Waals surface area contributed by atoms with Gasteiger partial charge in [-0.25, -0.2) is 0 Å². The molecule has 0 aromatic carbocycles. The quantitative estimate of drug-likeness (QED) is 0.576. The van der Waals surface area contributed by atoms with Crippen molar-refractivity contribution in [1.29, 1.82) is 0 Å². The highest BCUT2D eigenvalue weighted by atomic mass is 14.9. The number of nitrogens with one attached hydrogen (secondary N) is 2. The summed E-state index contributed by atoms with van der Waals surface area (Å²) < 4.78 is 0. The van der Waals surface area contributed by atoms with E-state index in [9.17, 15) is 0 Å². The predicted octanol–water partition coefficient (Wildman–Crippen LogP) is 1.52. The van der Waals surface area contributed by atoms with Gasteiger partial charge in [-0.15, -0.1) is 0 Å². The zero-order chi connectivity index (χ0) is 8.49. The zero-order valence-electron chi connectivity index (χ0n) is 8.07. The summed E-state index contributed by atoms with van der Waals surface area (Å²) in [7, 11) is 0. The van der Waals surface area contributed by atoms with Crippen molar-refractivity contribution in [3.8, 4) is 0 Å². The van der Waals surface area contributed by atoms with E-state index in [0.717, 1.165) is 0 Å². The molecule has 2 saturated heterocycles. The molecule has 0 radical (unpaired) electrons. The van der Waals surface area contributed by atoms with Gasteiger partial charge in [-0.05, 0) is 51.9 Å². The van der Waals surface area contributed by atoms with Crippen molar-refractivity contribution in [2.24, 2.45) is 0 Å². The van der Waals surface area contributed by atoms with Gasteiger partial charge >= 0.3 is 0 Å². The molecule has 0 unspecified atom stereocenters. The Morgan fingerprint density at radius 1 is 0.417 bits per heavy atom. The van der Waals surface area contributed by atoms with Crippen LogP contribution in [0.4, 0.5) is 0 Å². The lowest BCUT2D eigenvalue weighted by Gasteiger charge is -1.91. The smallest absolute Gasteiger partial charge is 0.00484 e. The third-order valence-corrected chi connectivity index (χ3v) is 2.41. The lowest BCUT2D eigenvalue weighted by atomic mass is 10.2. The fourth-order valence-corrected chi connectivity index (χ4v) is 1.60. The Morgan fingerprint density at radius 2 is 0.750 bits per heavy atom. The normalized spacial score (nSPS) is 24.0. The van der Waals surface area contributed by atoms with Gasteiger partial charge in [0.05, 0.1) is 0 Å². The van der Waals surface area contributed by atoms with E-state index < -0.39 is 0 Å². The van der Waals surface area contributed by atoms with Crippen LogP contribution in [0.1, 0.15) is 38.5 Å². The van der Waals surface area contributed by atoms with Crippen LogP contribution in [0.3, 0.4) is 0 Å². The van der Waals surface area contributed by atoms with E-state index in [0.29, 0.717) is 0 Å². The summed E-state index contributed by atoms with van der Waals surface area (Å²) in [6.07, 6.45) is 8.43. The van der Waals surface area contributed by atoms with Crippen LogP contribution in [-0.4, -0.2) is 26.2 Å². The molecule has 2 aliphatic rings. The fourth-order valence-electron chi connectivity index (χ4n) is 1.60. The largest absolute Gasteiger partial charge is 0.317 e. The van der Waals surface area contributed by atoms with Crippen LogP contribution in [0.25, 0.3) is 0 Å². The molecule has 0 spiro atoms. The number of rotatable bonds is 0. The number of hydrogen-bond donors (Lipinski definition) is 2. The summed E-state index contributed by atoms with van der Waals surface area (Å²) in [6.45, 7) is 5.00. The molecule has 2 N–H and O–H groups in total. The first-order chi connectivity index (χ1) is 6.00. The Labute approximate surface area is 76.1 Å². The molecule has 0 atom stereocenters. The molecular formula is C10H22N2. The summed E-state index contributed by atoms with van der Waals surface area (Å²) in [5.41, 5.74) is 0. The topological polar surface area (TPSA) is 24.1 Å². The minimum atomic E-state index is 1.25. The molecule has 2 nitrogen and oxygen atoms in total. The van der Waals surface area contributed by atoms with Crippen molar-refractivity contribution in [3.05, 3.63) is 0 Å². The second kappa shape index (κ2) is 7.56. The van der Waals surface area contributed by atoms with Crippen LogP contribution in [-0.2, 0) is 0 Å². The molecule has 0 amide bonds. The Morgan fingerprint density at radius 3 is 1.17 bits per heavy atom. The molecule has 72 valence electrons. The van der Waals surface area contributed by atoms with E-state index in [1.807, 2.05) is 0 Å². The summed E-state index contributed by atoms with van der Waals surface area (Å²) >= 11 is 0. The summed E-state index contributed by atoms with van der Waals surface area (Å²) in [6, 6.07) is 0. The molecule has 0 aromatic rings. The van der Waals surface area contributed by atoms with Crippen LogP contribution >= 0.6 is 0 Å². The van der Waals surface area contributed by atoms with Crippen LogP contribution in [0.2, 0.25) is 0 Å². The van der Waals surface area contributed by atoms with Gasteiger partial charge in [0.25, 0.3) is 0 Å². The Kier molecular flexibility index (Phi) is 6.30. The molecule has 2 heterocycles. The molecule has 12 heavy (non-hydrogen) atoms. The van der Waals surface area contributed by atoms with Crippen LogP contribution in [0, 0.1) is 0 Å². The van der Waals surface area contributed by atoms with Crippen LogP contribution in [0.5, 0.6) is 0 Å². The van der Waals surface area contributed by atoms with E-state index >= 15 is 0 Å². The average molecular weight is 170 g/mol. The van der Waals surface area contributed by atoms with Gasteiger partial charge in [-0.2, -0.15) is 0 Å². The Hall–Kier alpha value is -0.0800. The number of hydrogen-bond acceptors (Lipinski definition) is 2. The predicted molar refractivity (Wildman–Crippen MR) is 53.4 cm³/mol. The SMILES string of the molecule is C1CCCNCC1.C1CCNC1. The van der Waals surface area contributed by atoms with Gasteiger partial charge < -0.3 is 10.6 Å². The van der Waals surface area contributed by atoms with E-state index in [-0.39, 0.29) is 0 Å². The highest BCUT2D eigenvalue weighted by Gasteiger charge is 1.94. The Balaban J connectivity index is 0.000000127. The monoisotopic (exact) mass is 170 g/mol. The van der Waals surface area contributed by atoms with Crippen LogP contribution in [0.15, 0.2) is 0 Å². The molecule has 0 aromatic heterocycles. The molecule has 0 saturated carbocycles. The Bertz CT molecular complexity index is 62.6. The van der Waals surface area contributed by atoms with Gasteiger partial charge in [0.2, 0.25) is 0 Å². The minimum absolute atomic E-state index is 1.25. The van der Waals surface area contributed by atoms with E-state index in [4.69, 9.17) is 0 Å². The zero-order valence-corrected chi connectivity index (χ0v) is 8.07. The van der Waals surface area contributed by atoms with E-state index in [2.05, 4.69) is 10.6 Å². The maximum absolute atomic E-state index is 3.35. The molecule has 2 heteroatoms. The maximum atomic E-state index is 3.35. The first kappa shape index (κ1) is 10.0. The maximum Gasteiger partial charge on any atom is -0.00484 e. The lowest BCUT2D eigenvalue weighted by Crippen LogP contribution is -2.12. The standard InChI is InChI=1S/C6H13N.C4H9N/c1-2-4-6-7-5-3-1;1-2-4-5-3-1/h7H,1-6H2;5H,1-4H2. The van der Waals surface area contributed by atoms with Gasteiger partial charge in [0.1, 0.15) is 0 Å². The average Bonchev–Trinajstić information content (AvgIpc) is 2.54. The summed E-state index contributed by atoms with van der Waals surface area (Å²) in [5.74, 6) is 0.